The third kappa shape index (κ3) is 21.1. The molecule has 3 rings (SSSR count). The number of aliphatic hydroxyl groups excluding tert-OH is 2. The molecule has 0 aliphatic heterocycles. The molecule has 2 unspecified atom stereocenters. The number of benzene rings is 3. The molecular formula is C39H49Cl3O11S3. The fourth-order valence-electron chi connectivity index (χ4n) is 4.37. The molecule has 56 heavy (non-hydrogen) atoms. The Morgan fingerprint density at radius 1 is 0.643 bits per heavy atom. The number of hydrogen-bond donors (Lipinski definition) is 2. The molecule has 0 fully saturated rings. The molecule has 3 aromatic carbocycles. The molecule has 0 aliphatic carbocycles. The minimum atomic E-state index is -1.25. The van der Waals surface area contributed by atoms with Gasteiger partial charge in [-0.15, -0.1) is 11.8 Å². The van der Waals surface area contributed by atoms with E-state index in [-0.39, 0.29) is 44.0 Å². The van der Waals surface area contributed by atoms with E-state index in [2.05, 4.69) is 0 Å². The van der Waals surface area contributed by atoms with Crippen molar-refractivity contribution in [2.24, 2.45) is 0 Å². The second-order valence-electron chi connectivity index (χ2n) is 11.3. The maximum absolute atomic E-state index is 12.0. The zero-order chi connectivity index (χ0) is 41.9. The van der Waals surface area contributed by atoms with Crippen molar-refractivity contribution in [3.63, 3.8) is 0 Å². The van der Waals surface area contributed by atoms with E-state index in [4.69, 9.17) is 59.2 Å². The summed E-state index contributed by atoms with van der Waals surface area (Å²) in [6.07, 6.45) is 3.34. The molecule has 0 heterocycles. The van der Waals surface area contributed by atoms with Gasteiger partial charge in [0, 0.05) is 61.1 Å². The lowest BCUT2D eigenvalue weighted by molar-refractivity contribution is -0.144. The second kappa shape index (κ2) is 30.3. The van der Waals surface area contributed by atoms with E-state index >= 15 is 0 Å². The molecular weight excluding hydrogens is 847 g/mol. The Bertz CT molecular complexity index is 1740. The number of hydrogen-bond acceptors (Lipinski definition) is 12. The van der Waals surface area contributed by atoms with Gasteiger partial charge in [-0.25, -0.2) is 0 Å². The molecule has 0 aromatic heterocycles. The van der Waals surface area contributed by atoms with Crippen molar-refractivity contribution in [3.05, 3.63) is 86.4 Å². The van der Waals surface area contributed by atoms with Gasteiger partial charge in [-0.1, -0.05) is 34.8 Å². The van der Waals surface area contributed by atoms with Crippen LogP contribution in [0, 0.1) is 0 Å². The lowest BCUT2D eigenvalue weighted by Gasteiger charge is -2.06. The number of rotatable bonds is 21. The van der Waals surface area contributed by atoms with Gasteiger partial charge >= 0.3 is 17.9 Å². The average molecular weight is 896 g/mol. The van der Waals surface area contributed by atoms with Crippen LogP contribution in [0.2, 0.25) is 15.1 Å². The van der Waals surface area contributed by atoms with E-state index in [1.165, 1.54) is 6.07 Å². The zero-order valence-electron chi connectivity index (χ0n) is 31.6. The largest absolute Gasteiger partial charge is 0.466 e. The molecule has 0 saturated heterocycles. The number of esters is 3. The van der Waals surface area contributed by atoms with Crippen LogP contribution in [-0.2, 0) is 63.4 Å². The summed E-state index contributed by atoms with van der Waals surface area (Å²) in [6.45, 7) is 6.19. The van der Waals surface area contributed by atoms with Crippen LogP contribution >= 0.6 is 46.6 Å². The van der Waals surface area contributed by atoms with Crippen LogP contribution in [0.5, 0.6) is 0 Å². The fourth-order valence-corrected chi connectivity index (χ4v) is 8.05. The summed E-state index contributed by atoms with van der Waals surface area (Å²) in [5.41, 5.74) is 1.60. The van der Waals surface area contributed by atoms with E-state index < -0.39 is 21.6 Å². The monoisotopic (exact) mass is 894 g/mol. The standard InChI is InChI=1S/C13H17ClO4S.C13H15ClO4S.C13H17ClO3S/c2*1-2-18-13(16)4-3-7-19(17)11-5-6-12(14)10(8-11)9-15;1-2-17-13(16)4-3-7-18-11-5-6-12(14)10(8-11)9-15/h5-6,8,15H,2-4,7,9H2,1H3;5-6,8-9H,2-4,7H2,1H3;5-6,8,15H,2-4,7,9H2,1H3. The van der Waals surface area contributed by atoms with Crippen molar-refractivity contribution in [2.75, 3.05) is 37.1 Å². The Kier molecular flexibility index (Phi) is 27.7. The highest BCUT2D eigenvalue weighted by Crippen LogP contribution is 2.25. The zero-order valence-corrected chi connectivity index (χ0v) is 36.3. The molecule has 0 amide bonds. The minimum Gasteiger partial charge on any atom is -0.466 e. The Labute approximate surface area is 353 Å². The first kappa shape index (κ1) is 51.2. The quantitative estimate of drug-likeness (QED) is 0.0346. The van der Waals surface area contributed by atoms with Crippen molar-refractivity contribution in [3.8, 4) is 0 Å². The van der Waals surface area contributed by atoms with Crippen molar-refractivity contribution in [1.29, 1.82) is 0 Å². The highest BCUT2D eigenvalue weighted by Gasteiger charge is 2.11. The van der Waals surface area contributed by atoms with Crippen LogP contribution in [0.25, 0.3) is 0 Å². The molecule has 2 N–H and O–H groups in total. The molecule has 17 heteroatoms. The first-order chi connectivity index (χ1) is 26.8. The van der Waals surface area contributed by atoms with Crippen LogP contribution in [-0.4, -0.2) is 79.9 Å². The summed E-state index contributed by atoms with van der Waals surface area (Å²) >= 11 is 19.2. The SMILES string of the molecule is CCOC(=O)CCCS(=O)c1ccc(Cl)c(C=O)c1.CCOC(=O)CCCS(=O)c1ccc(Cl)c(CO)c1.CCOC(=O)CCCSc1ccc(Cl)c(CO)c1. The fraction of sp³-hybridized carbons (Fsp3) is 0.436. The summed E-state index contributed by atoms with van der Waals surface area (Å²) in [4.78, 5) is 46.3. The van der Waals surface area contributed by atoms with E-state index in [0.29, 0.717) is 92.9 Å². The van der Waals surface area contributed by atoms with E-state index in [1.807, 2.05) is 12.1 Å². The van der Waals surface area contributed by atoms with Crippen LogP contribution in [0.1, 0.15) is 80.8 Å². The molecule has 2 atom stereocenters. The molecule has 310 valence electrons. The second-order valence-corrected chi connectivity index (χ2v) is 16.8. The maximum atomic E-state index is 12.0. The van der Waals surface area contributed by atoms with Gasteiger partial charge in [0.05, 0.1) is 59.7 Å². The lowest BCUT2D eigenvalue weighted by atomic mass is 10.2. The average Bonchev–Trinajstić information content (AvgIpc) is 3.18. The Hall–Kier alpha value is -2.82. The number of carbonyl (C=O) groups excluding carboxylic acids is 4. The smallest absolute Gasteiger partial charge is 0.305 e. The van der Waals surface area contributed by atoms with Crippen LogP contribution in [0.3, 0.4) is 0 Å². The predicted molar refractivity (Wildman–Crippen MR) is 222 cm³/mol. The van der Waals surface area contributed by atoms with Crippen LogP contribution in [0.15, 0.2) is 69.3 Å². The topological polar surface area (TPSA) is 171 Å². The highest BCUT2D eigenvalue weighted by atomic mass is 35.5. The van der Waals surface area contributed by atoms with Crippen molar-refractivity contribution in [2.45, 2.75) is 87.2 Å². The molecule has 0 bridgehead atoms. The van der Waals surface area contributed by atoms with E-state index in [9.17, 15) is 27.6 Å². The first-order valence-electron chi connectivity index (χ1n) is 17.7. The van der Waals surface area contributed by atoms with Gasteiger partial charge in [0.25, 0.3) is 0 Å². The maximum Gasteiger partial charge on any atom is 0.305 e. The normalized spacial score (nSPS) is 11.5. The van der Waals surface area contributed by atoms with Crippen LogP contribution < -0.4 is 0 Å². The Balaban J connectivity index is 0.000000420. The van der Waals surface area contributed by atoms with Crippen LogP contribution in [0.4, 0.5) is 0 Å². The van der Waals surface area contributed by atoms with Gasteiger partial charge in [-0.05, 0) is 112 Å². The summed E-state index contributed by atoms with van der Waals surface area (Å²) in [6, 6.07) is 15.2. The van der Waals surface area contributed by atoms with Gasteiger partial charge in [-0.2, -0.15) is 0 Å². The van der Waals surface area contributed by atoms with Gasteiger partial charge in [0.1, 0.15) is 0 Å². The van der Waals surface area contributed by atoms with Gasteiger partial charge in [-0.3, -0.25) is 27.6 Å². The minimum absolute atomic E-state index is 0.0595. The first-order valence-corrected chi connectivity index (χ1v) is 22.5. The number of halogens is 3. The molecule has 0 saturated carbocycles. The molecule has 3 aromatic rings. The number of thioether (sulfide) groups is 1. The molecule has 0 spiro atoms. The third-order valence-corrected chi connectivity index (χ3v) is 12.2. The van der Waals surface area contributed by atoms with Gasteiger partial charge in [0.2, 0.25) is 0 Å². The number of aliphatic hydroxyl groups is 2. The van der Waals surface area contributed by atoms with E-state index in [0.717, 1.165) is 22.6 Å². The number of aldehydes is 1. The highest BCUT2D eigenvalue weighted by molar-refractivity contribution is 7.99. The molecule has 0 aliphatic rings. The lowest BCUT2D eigenvalue weighted by Crippen LogP contribution is -2.06. The Morgan fingerprint density at radius 3 is 1.54 bits per heavy atom. The van der Waals surface area contributed by atoms with Crippen molar-refractivity contribution >= 4 is 92.4 Å². The summed E-state index contributed by atoms with van der Waals surface area (Å²) < 4.78 is 38.4. The van der Waals surface area contributed by atoms with Gasteiger partial charge in [0.15, 0.2) is 6.29 Å². The number of ether oxygens (including phenoxy) is 3. The third-order valence-electron chi connectivity index (χ3n) is 7.13. The van der Waals surface area contributed by atoms with Gasteiger partial charge < -0.3 is 24.4 Å². The summed E-state index contributed by atoms with van der Waals surface area (Å²) in [5.74, 6) is 0.858. The Morgan fingerprint density at radius 2 is 1.07 bits per heavy atom. The summed E-state index contributed by atoms with van der Waals surface area (Å²) in [7, 11) is -2.45. The predicted octanol–water partition coefficient (Wildman–Crippen LogP) is 8.15. The molecule has 11 nitrogen and oxygen atoms in total. The molecule has 0 radical (unpaired) electrons. The van der Waals surface area contributed by atoms with E-state index in [1.54, 1.807) is 68.9 Å². The van der Waals surface area contributed by atoms with Crippen molar-refractivity contribution in [1.82, 2.24) is 0 Å². The van der Waals surface area contributed by atoms with Crippen molar-refractivity contribution < 1.29 is 52.0 Å². The summed E-state index contributed by atoms with van der Waals surface area (Å²) in [5, 5.41) is 19.5. The number of carbonyl (C=O) groups is 4.